The fourth-order valence-corrected chi connectivity index (χ4v) is 1.99. The van der Waals surface area contributed by atoms with Crippen molar-refractivity contribution in [2.45, 2.75) is 52.3 Å². The van der Waals surface area contributed by atoms with E-state index in [2.05, 4.69) is 38.7 Å². The molecule has 1 rings (SSSR count). The first-order valence-electron chi connectivity index (χ1n) is 6.76. The number of halogens is 1. The average molecular weight is 270 g/mol. The average Bonchev–Trinajstić information content (AvgIpc) is 2.36. The van der Waals surface area contributed by atoms with E-state index in [1.54, 1.807) is 0 Å². The van der Waals surface area contributed by atoms with E-state index in [1.165, 1.54) is 12.8 Å². The minimum atomic E-state index is 0.392. The van der Waals surface area contributed by atoms with Gasteiger partial charge >= 0.3 is 0 Å². The van der Waals surface area contributed by atoms with Gasteiger partial charge in [-0.15, -0.1) is 11.6 Å². The molecule has 1 aromatic heterocycles. The van der Waals surface area contributed by atoms with Crippen molar-refractivity contribution >= 4 is 11.6 Å². The van der Waals surface area contributed by atoms with Crippen LogP contribution in [0.1, 0.15) is 57.7 Å². The largest absolute Gasteiger partial charge is 0.477 e. The molecule has 1 heterocycles. The van der Waals surface area contributed by atoms with Gasteiger partial charge in [0, 0.05) is 17.6 Å². The zero-order valence-corrected chi connectivity index (χ0v) is 12.6. The Morgan fingerprint density at radius 2 is 2.00 bits per heavy atom. The van der Waals surface area contributed by atoms with Crippen LogP contribution in [-0.4, -0.2) is 11.6 Å². The van der Waals surface area contributed by atoms with E-state index in [4.69, 9.17) is 16.3 Å². The molecule has 0 saturated carbocycles. The van der Waals surface area contributed by atoms with Crippen molar-refractivity contribution in [2.24, 2.45) is 5.92 Å². The van der Waals surface area contributed by atoms with Gasteiger partial charge in [0.25, 0.3) is 0 Å². The van der Waals surface area contributed by atoms with Crippen LogP contribution in [0.2, 0.25) is 0 Å². The van der Waals surface area contributed by atoms with Crippen molar-refractivity contribution < 1.29 is 4.74 Å². The third-order valence-corrected chi connectivity index (χ3v) is 3.23. The highest BCUT2D eigenvalue weighted by atomic mass is 35.5. The maximum atomic E-state index is 5.90. The third kappa shape index (κ3) is 4.85. The Morgan fingerprint density at radius 3 is 2.56 bits per heavy atom. The van der Waals surface area contributed by atoms with Gasteiger partial charge in [-0.2, -0.15) is 0 Å². The molecule has 3 heteroatoms. The van der Waals surface area contributed by atoms with Crippen LogP contribution >= 0.6 is 11.6 Å². The van der Waals surface area contributed by atoms with Crippen LogP contribution in [0.25, 0.3) is 0 Å². The second-order valence-electron chi connectivity index (χ2n) is 5.23. The summed E-state index contributed by atoms with van der Waals surface area (Å²) >= 11 is 5.90. The van der Waals surface area contributed by atoms with E-state index < -0.39 is 0 Å². The molecule has 2 nitrogen and oxygen atoms in total. The van der Waals surface area contributed by atoms with Gasteiger partial charge in [-0.05, 0) is 29.9 Å². The zero-order chi connectivity index (χ0) is 13.5. The summed E-state index contributed by atoms with van der Waals surface area (Å²) in [5.41, 5.74) is 2.12. The predicted octanol–water partition coefficient (Wildman–Crippen LogP) is 4.76. The van der Waals surface area contributed by atoms with Gasteiger partial charge in [0.2, 0.25) is 5.88 Å². The maximum Gasteiger partial charge on any atom is 0.213 e. The lowest BCUT2D eigenvalue weighted by molar-refractivity contribution is 0.242. The highest BCUT2D eigenvalue weighted by Gasteiger charge is 2.08. The molecule has 1 aromatic rings. The van der Waals surface area contributed by atoms with Gasteiger partial charge in [-0.25, -0.2) is 4.98 Å². The third-order valence-electron chi connectivity index (χ3n) is 2.92. The molecule has 1 atom stereocenters. The van der Waals surface area contributed by atoms with E-state index in [-0.39, 0.29) is 0 Å². The van der Waals surface area contributed by atoms with Crippen LogP contribution in [0, 0.1) is 5.92 Å². The van der Waals surface area contributed by atoms with Crippen LogP contribution in [-0.2, 0) is 5.88 Å². The number of ether oxygens (including phenoxy) is 1. The Kier molecular flexibility index (Phi) is 6.48. The molecule has 0 bridgehead atoms. The first-order chi connectivity index (χ1) is 8.56. The van der Waals surface area contributed by atoms with Gasteiger partial charge in [-0.3, -0.25) is 0 Å². The number of alkyl halides is 1. The normalized spacial score (nSPS) is 12.8. The van der Waals surface area contributed by atoms with Crippen molar-refractivity contribution in [3.8, 4) is 5.88 Å². The highest BCUT2D eigenvalue weighted by molar-refractivity contribution is 6.17. The second-order valence-corrected chi connectivity index (χ2v) is 5.50. The standard InChI is InChI=1S/C15H24ClNO/c1-5-6-12(4)10-18-15-8-13(9-16)7-14(17-15)11(2)3/h7-8,11-12H,5-6,9-10H2,1-4H3. The van der Waals surface area contributed by atoms with Crippen LogP contribution in [0.4, 0.5) is 0 Å². The Balaban J connectivity index is 2.72. The molecular weight excluding hydrogens is 246 g/mol. The summed E-state index contributed by atoms with van der Waals surface area (Å²) in [6.07, 6.45) is 2.38. The lowest BCUT2D eigenvalue weighted by atomic mass is 10.1. The van der Waals surface area contributed by atoms with Crippen molar-refractivity contribution in [3.63, 3.8) is 0 Å². The van der Waals surface area contributed by atoms with E-state index >= 15 is 0 Å². The van der Waals surface area contributed by atoms with E-state index in [1.807, 2.05) is 6.07 Å². The summed E-state index contributed by atoms with van der Waals surface area (Å²) in [5.74, 6) is 2.17. The molecule has 0 amide bonds. The minimum absolute atomic E-state index is 0.392. The molecule has 102 valence electrons. The van der Waals surface area contributed by atoms with Gasteiger partial charge < -0.3 is 4.74 Å². The topological polar surface area (TPSA) is 22.1 Å². The summed E-state index contributed by atoms with van der Waals surface area (Å²) in [5, 5.41) is 0. The number of hydrogen-bond acceptors (Lipinski definition) is 2. The Labute approximate surface area is 116 Å². The second kappa shape index (κ2) is 7.63. The molecule has 18 heavy (non-hydrogen) atoms. The molecule has 1 unspecified atom stereocenters. The van der Waals surface area contributed by atoms with Gasteiger partial charge in [0.05, 0.1) is 6.61 Å². The van der Waals surface area contributed by atoms with E-state index in [0.29, 0.717) is 23.6 Å². The molecule has 0 aliphatic carbocycles. The molecule has 0 spiro atoms. The zero-order valence-electron chi connectivity index (χ0n) is 11.9. The van der Waals surface area contributed by atoms with Crippen LogP contribution in [0.5, 0.6) is 5.88 Å². The predicted molar refractivity (Wildman–Crippen MR) is 77.5 cm³/mol. The van der Waals surface area contributed by atoms with Crippen molar-refractivity contribution in [2.75, 3.05) is 6.61 Å². The smallest absolute Gasteiger partial charge is 0.213 e. The Morgan fingerprint density at radius 1 is 1.28 bits per heavy atom. The lowest BCUT2D eigenvalue weighted by Crippen LogP contribution is -2.10. The minimum Gasteiger partial charge on any atom is -0.477 e. The molecule has 0 fully saturated rings. The summed E-state index contributed by atoms with van der Waals surface area (Å²) in [4.78, 5) is 4.53. The molecule has 0 N–H and O–H groups in total. The number of rotatable bonds is 7. The summed E-state index contributed by atoms with van der Waals surface area (Å²) < 4.78 is 5.78. The maximum absolute atomic E-state index is 5.90. The quantitative estimate of drug-likeness (QED) is 0.666. The molecule has 0 aliphatic rings. The summed E-state index contributed by atoms with van der Waals surface area (Å²) in [7, 11) is 0. The lowest BCUT2D eigenvalue weighted by Gasteiger charge is -2.14. The summed E-state index contributed by atoms with van der Waals surface area (Å²) in [6, 6.07) is 4.00. The Hall–Kier alpha value is -0.760. The first kappa shape index (κ1) is 15.3. The van der Waals surface area contributed by atoms with Gasteiger partial charge in [0.1, 0.15) is 0 Å². The number of hydrogen-bond donors (Lipinski definition) is 0. The van der Waals surface area contributed by atoms with Crippen LogP contribution < -0.4 is 4.74 Å². The number of aromatic nitrogens is 1. The van der Waals surface area contributed by atoms with E-state index in [0.717, 1.165) is 17.9 Å². The highest BCUT2D eigenvalue weighted by Crippen LogP contribution is 2.21. The molecule has 0 aromatic carbocycles. The molecule has 0 aliphatic heterocycles. The van der Waals surface area contributed by atoms with Crippen molar-refractivity contribution in [1.82, 2.24) is 4.98 Å². The van der Waals surface area contributed by atoms with Crippen molar-refractivity contribution in [3.05, 3.63) is 23.4 Å². The van der Waals surface area contributed by atoms with Gasteiger partial charge in [0.15, 0.2) is 0 Å². The SMILES string of the molecule is CCCC(C)COc1cc(CCl)cc(C(C)C)n1. The van der Waals surface area contributed by atoms with Crippen LogP contribution in [0.3, 0.4) is 0 Å². The summed E-state index contributed by atoms with van der Waals surface area (Å²) in [6.45, 7) is 9.38. The molecule has 0 saturated heterocycles. The Bertz CT molecular complexity index is 366. The molecule has 0 radical (unpaired) electrons. The fraction of sp³-hybridized carbons (Fsp3) is 0.667. The first-order valence-corrected chi connectivity index (χ1v) is 7.29. The monoisotopic (exact) mass is 269 g/mol. The van der Waals surface area contributed by atoms with Gasteiger partial charge in [-0.1, -0.05) is 34.1 Å². The van der Waals surface area contributed by atoms with Crippen molar-refractivity contribution in [1.29, 1.82) is 0 Å². The van der Waals surface area contributed by atoms with E-state index in [9.17, 15) is 0 Å². The molecular formula is C15H24ClNO. The number of pyridine rings is 1. The number of nitrogens with zero attached hydrogens (tertiary/aromatic N) is 1. The fourth-order valence-electron chi connectivity index (χ4n) is 1.83. The van der Waals surface area contributed by atoms with Crippen LogP contribution in [0.15, 0.2) is 12.1 Å².